The Hall–Kier alpha value is -4.94. The van der Waals surface area contributed by atoms with E-state index in [1.807, 2.05) is 22.7 Å². The number of unbranched alkanes of at least 4 members (excludes halogenated alkanes) is 10. The quantitative estimate of drug-likeness (QED) is 0.0472. The van der Waals surface area contributed by atoms with E-state index >= 15 is 0 Å². The Kier molecular flexibility index (Phi) is 16.3. The standard InChI is InChI=1S/C64H74N2S2Si/c1-7-11-13-15-17-25-39-69(40-26-18-16-14-12-8-2)58-41-45(5)33-35-52(58)53-36-34-51(44-59(53)69)64-50(28-10-4)43-57(68-64)55-38-37-54(56-42-49(27-9-3)46(6)67-56)62-63(55)66-61(48-31-23-20-24-32-48)60(65-62)47-29-21-19-22-30-47/h19-24,29-38,41-44H,7-18,25-28,39-40H2,1-6H3. The lowest BCUT2D eigenvalue weighted by molar-refractivity contribution is 0.616. The van der Waals surface area contributed by atoms with Crippen molar-refractivity contribution in [3.05, 3.63) is 143 Å². The van der Waals surface area contributed by atoms with E-state index in [0.29, 0.717) is 0 Å². The summed E-state index contributed by atoms with van der Waals surface area (Å²) >= 11 is 3.88. The fourth-order valence-corrected chi connectivity index (χ4v) is 19.4. The molecule has 0 atom stereocenters. The smallest absolute Gasteiger partial charge is 0.119 e. The van der Waals surface area contributed by atoms with Crippen molar-refractivity contribution in [2.45, 2.75) is 156 Å². The minimum absolute atomic E-state index is 0.928. The van der Waals surface area contributed by atoms with Gasteiger partial charge < -0.3 is 0 Å². The first kappa shape index (κ1) is 49.1. The van der Waals surface area contributed by atoms with E-state index in [4.69, 9.17) is 9.97 Å². The summed E-state index contributed by atoms with van der Waals surface area (Å²) in [7, 11) is -2.07. The van der Waals surface area contributed by atoms with E-state index in [-0.39, 0.29) is 0 Å². The van der Waals surface area contributed by atoms with Crippen molar-refractivity contribution in [1.82, 2.24) is 9.97 Å². The highest BCUT2D eigenvalue weighted by Gasteiger charge is 2.44. The van der Waals surface area contributed by atoms with Crippen molar-refractivity contribution >= 4 is 52.2 Å². The average Bonchev–Trinajstić information content (AvgIpc) is 4.05. The van der Waals surface area contributed by atoms with Gasteiger partial charge in [-0.15, -0.1) is 22.7 Å². The van der Waals surface area contributed by atoms with Gasteiger partial charge in [0.1, 0.15) is 8.07 Å². The average molecular weight is 964 g/mol. The van der Waals surface area contributed by atoms with Crippen LogP contribution in [0.2, 0.25) is 12.1 Å². The van der Waals surface area contributed by atoms with Crippen LogP contribution < -0.4 is 10.4 Å². The summed E-state index contributed by atoms with van der Waals surface area (Å²) in [4.78, 5) is 16.9. The van der Waals surface area contributed by atoms with Gasteiger partial charge in [-0.05, 0) is 89.1 Å². The Labute approximate surface area is 423 Å². The zero-order valence-electron chi connectivity index (χ0n) is 42.5. The number of nitrogens with zero attached hydrogens (tertiary/aromatic N) is 2. The fraction of sp³-hybridized carbons (Fsp3) is 0.375. The van der Waals surface area contributed by atoms with Crippen molar-refractivity contribution in [3.63, 3.8) is 0 Å². The minimum Gasteiger partial charge on any atom is -0.243 e. The lowest BCUT2D eigenvalue weighted by Crippen LogP contribution is -2.55. The summed E-state index contributed by atoms with van der Waals surface area (Å²) in [5.74, 6) is 0. The highest BCUT2D eigenvalue weighted by molar-refractivity contribution is 7.19. The van der Waals surface area contributed by atoms with E-state index in [1.165, 1.54) is 153 Å². The van der Waals surface area contributed by atoms with Crippen LogP contribution in [0, 0.1) is 13.8 Å². The third kappa shape index (κ3) is 10.4. The van der Waals surface area contributed by atoms with Gasteiger partial charge >= 0.3 is 0 Å². The predicted octanol–water partition coefficient (Wildman–Crippen LogP) is 18.9. The van der Waals surface area contributed by atoms with Crippen molar-refractivity contribution in [1.29, 1.82) is 0 Å². The lowest BCUT2D eigenvalue weighted by Gasteiger charge is -2.31. The first-order valence-corrected chi connectivity index (χ1v) is 30.9. The number of hydrogen-bond donors (Lipinski definition) is 0. The molecule has 0 spiro atoms. The molecule has 0 fully saturated rings. The molecule has 0 saturated carbocycles. The molecule has 3 aromatic heterocycles. The number of fused-ring (bicyclic) bond motifs is 4. The normalized spacial score (nSPS) is 12.8. The molecule has 0 saturated heterocycles. The number of rotatable bonds is 23. The molecule has 5 heteroatoms. The van der Waals surface area contributed by atoms with E-state index in [0.717, 1.165) is 59.2 Å². The van der Waals surface area contributed by atoms with Crippen LogP contribution in [0.5, 0.6) is 0 Å². The molecule has 4 heterocycles. The molecule has 8 aromatic rings. The Balaban J connectivity index is 1.20. The van der Waals surface area contributed by atoms with Crippen molar-refractivity contribution in [3.8, 4) is 65.0 Å². The molecule has 9 rings (SSSR count). The maximum Gasteiger partial charge on any atom is 0.119 e. The molecular formula is C64H74N2S2Si. The van der Waals surface area contributed by atoms with Crippen molar-refractivity contribution in [2.75, 3.05) is 0 Å². The van der Waals surface area contributed by atoms with Gasteiger partial charge in [0.05, 0.1) is 22.4 Å². The Morgan fingerprint density at radius 3 is 1.46 bits per heavy atom. The summed E-state index contributed by atoms with van der Waals surface area (Å²) < 4.78 is 0. The van der Waals surface area contributed by atoms with Crippen LogP contribution in [0.3, 0.4) is 0 Å². The van der Waals surface area contributed by atoms with Crippen molar-refractivity contribution in [2.24, 2.45) is 0 Å². The number of thiophene rings is 2. The number of hydrogen-bond acceptors (Lipinski definition) is 4. The summed E-state index contributed by atoms with van der Waals surface area (Å²) in [5, 5.41) is 3.45. The molecule has 0 aliphatic carbocycles. The van der Waals surface area contributed by atoms with Crippen LogP contribution >= 0.6 is 22.7 Å². The van der Waals surface area contributed by atoms with Crippen LogP contribution in [0.25, 0.3) is 76.0 Å². The van der Waals surface area contributed by atoms with Gasteiger partial charge in [0, 0.05) is 41.8 Å². The van der Waals surface area contributed by atoms with E-state index in [1.54, 1.807) is 10.4 Å². The summed E-state index contributed by atoms with van der Waals surface area (Å²) in [5.41, 5.74) is 17.1. The third-order valence-electron chi connectivity index (χ3n) is 15.0. The molecule has 5 aromatic carbocycles. The van der Waals surface area contributed by atoms with Gasteiger partial charge in [0.2, 0.25) is 0 Å². The topological polar surface area (TPSA) is 25.8 Å². The van der Waals surface area contributed by atoms with E-state index in [9.17, 15) is 0 Å². The second kappa shape index (κ2) is 22.9. The third-order valence-corrected chi connectivity index (χ3v) is 22.7. The Morgan fingerprint density at radius 2 is 0.899 bits per heavy atom. The summed E-state index contributed by atoms with van der Waals surface area (Å²) in [6.45, 7) is 13.9. The summed E-state index contributed by atoms with van der Waals surface area (Å²) in [6, 6.07) is 49.0. The largest absolute Gasteiger partial charge is 0.243 e. The second-order valence-electron chi connectivity index (χ2n) is 20.1. The van der Waals surface area contributed by atoms with Gasteiger partial charge in [-0.1, -0.05) is 232 Å². The maximum absolute atomic E-state index is 5.76. The fourth-order valence-electron chi connectivity index (χ4n) is 11.4. The highest BCUT2D eigenvalue weighted by Crippen LogP contribution is 2.46. The molecule has 356 valence electrons. The van der Waals surface area contributed by atoms with Crippen LogP contribution in [0.1, 0.15) is 139 Å². The molecule has 0 radical (unpaired) electrons. The lowest BCUT2D eigenvalue weighted by atomic mass is 9.99. The number of benzene rings is 5. The molecule has 69 heavy (non-hydrogen) atoms. The molecule has 0 bridgehead atoms. The van der Waals surface area contributed by atoms with Crippen LogP contribution in [0.4, 0.5) is 0 Å². The number of aromatic nitrogens is 2. The van der Waals surface area contributed by atoms with E-state index in [2.05, 4.69) is 163 Å². The minimum atomic E-state index is -2.07. The molecule has 0 unspecified atom stereocenters. The molecule has 0 N–H and O–H groups in total. The predicted molar refractivity (Wildman–Crippen MR) is 307 cm³/mol. The summed E-state index contributed by atoms with van der Waals surface area (Å²) in [6.07, 6.45) is 20.6. The number of aryl methyl sites for hydroxylation is 4. The first-order valence-electron chi connectivity index (χ1n) is 26.8. The van der Waals surface area contributed by atoms with Crippen LogP contribution in [0.15, 0.2) is 121 Å². The monoisotopic (exact) mass is 963 g/mol. The van der Waals surface area contributed by atoms with Gasteiger partial charge in [0.25, 0.3) is 0 Å². The van der Waals surface area contributed by atoms with Gasteiger partial charge in [-0.3, -0.25) is 0 Å². The molecule has 1 aliphatic rings. The molecular weight excluding hydrogens is 889 g/mol. The maximum atomic E-state index is 5.76. The van der Waals surface area contributed by atoms with Gasteiger partial charge in [0.15, 0.2) is 0 Å². The zero-order valence-corrected chi connectivity index (χ0v) is 45.1. The molecule has 0 amide bonds. The second-order valence-corrected chi connectivity index (χ2v) is 26.6. The van der Waals surface area contributed by atoms with E-state index < -0.39 is 8.07 Å². The van der Waals surface area contributed by atoms with Gasteiger partial charge in [-0.25, -0.2) is 9.97 Å². The SMILES string of the molecule is CCCCCCCC[Si]1(CCCCCCCC)c2cc(C)ccc2-c2ccc(-c3sc(-c4ccc(-c5cc(CCC)c(C)s5)c5nc(-c6ccccc6)c(-c6ccccc6)nc45)cc3CCC)cc21. The Morgan fingerprint density at radius 1 is 0.420 bits per heavy atom. The molecule has 2 nitrogen and oxygen atoms in total. The van der Waals surface area contributed by atoms with Gasteiger partial charge in [-0.2, -0.15) is 0 Å². The molecule has 1 aliphatic heterocycles. The van der Waals surface area contributed by atoms with Crippen LogP contribution in [-0.4, -0.2) is 18.0 Å². The highest BCUT2D eigenvalue weighted by atomic mass is 32.1. The van der Waals surface area contributed by atoms with Crippen molar-refractivity contribution < 1.29 is 0 Å². The zero-order chi connectivity index (χ0) is 47.7. The van der Waals surface area contributed by atoms with Crippen LogP contribution in [-0.2, 0) is 12.8 Å². The first-order chi connectivity index (χ1) is 33.9. The Bertz CT molecular complexity index is 2960.